The van der Waals surface area contributed by atoms with Crippen LogP contribution in [0, 0.1) is 17.8 Å². The number of hydrogen-bond donors (Lipinski definition) is 6. The highest BCUT2D eigenvalue weighted by atomic mass is 16.5. The second-order valence-electron chi connectivity index (χ2n) is 13.5. The smallest absolute Gasteiger partial charge is 0.327 e. The van der Waals surface area contributed by atoms with Crippen molar-refractivity contribution in [2.24, 2.45) is 17.8 Å². The van der Waals surface area contributed by atoms with E-state index in [1.165, 1.54) is 33.9 Å². The highest BCUT2D eigenvalue weighted by molar-refractivity contribution is 6.00. The molecule has 2 unspecified atom stereocenters. The molecule has 1 aliphatic rings. The molecular weight excluding hydrogens is 698 g/mol. The van der Waals surface area contributed by atoms with E-state index in [2.05, 4.69) is 21.3 Å². The van der Waals surface area contributed by atoms with Gasteiger partial charge in [-0.25, -0.2) is 9.59 Å². The van der Waals surface area contributed by atoms with Crippen molar-refractivity contribution in [2.45, 2.75) is 97.5 Å². The van der Waals surface area contributed by atoms with Crippen molar-refractivity contribution in [1.29, 1.82) is 0 Å². The molecular formula is C39H55N5O10. The maximum Gasteiger partial charge on any atom is 0.327 e. The van der Waals surface area contributed by atoms with E-state index >= 15 is 0 Å². The van der Waals surface area contributed by atoms with Crippen LogP contribution in [-0.4, -0.2) is 101 Å². The third kappa shape index (κ3) is 13.0. The van der Waals surface area contributed by atoms with Crippen LogP contribution in [0.4, 0.5) is 0 Å². The van der Waals surface area contributed by atoms with Gasteiger partial charge in [0.2, 0.25) is 23.6 Å². The molecule has 1 aromatic carbocycles. The molecule has 8 atom stereocenters. The Labute approximate surface area is 316 Å². The first kappa shape index (κ1) is 44.8. The molecule has 0 aliphatic carbocycles. The van der Waals surface area contributed by atoms with Crippen LogP contribution in [0.5, 0.6) is 0 Å². The molecule has 1 heterocycles. The summed E-state index contributed by atoms with van der Waals surface area (Å²) in [5, 5.41) is 29.9. The summed E-state index contributed by atoms with van der Waals surface area (Å²) in [5.41, 5.74) is 1.66. The van der Waals surface area contributed by atoms with Crippen LogP contribution in [0.3, 0.4) is 0 Å². The monoisotopic (exact) mass is 753 g/mol. The quantitative estimate of drug-likeness (QED) is 0.151. The van der Waals surface area contributed by atoms with Gasteiger partial charge < -0.3 is 41.1 Å². The molecule has 296 valence electrons. The number of carbonyl (C=O) groups excluding carboxylic acids is 5. The van der Waals surface area contributed by atoms with E-state index in [0.29, 0.717) is 6.42 Å². The van der Waals surface area contributed by atoms with Gasteiger partial charge in [-0.15, -0.1) is 0 Å². The van der Waals surface area contributed by atoms with E-state index in [1.807, 2.05) is 50.3 Å². The van der Waals surface area contributed by atoms with Crippen molar-refractivity contribution < 1.29 is 48.5 Å². The highest BCUT2D eigenvalue weighted by Crippen LogP contribution is 2.18. The van der Waals surface area contributed by atoms with E-state index in [-0.39, 0.29) is 30.6 Å². The Morgan fingerprint density at radius 1 is 0.944 bits per heavy atom. The fraction of sp³-hybridized carbons (Fsp3) is 0.513. The van der Waals surface area contributed by atoms with Crippen molar-refractivity contribution >= 4 is 41.5 Å². The molecule has 6 N–H and O–H groups in total. The summed E-state index contributed by atoms with van der Waals surface area (Å²) in [7, 11) is 2.90. The topological polar surface area (TPSA) is 221 Å². The number of rotatable bonds is 10. The van der Waals surface area contributed by atoms with E-state index in [4.69, 9.17) is 4.74 Å². The minimum Gasteiger partial charge on any atom is -0.480 e. The minimum absolute atomic E-state index is 0.0345. The third-order valence-electron chi connectivity index (χ3n) is 9.53. The summed E-state index contributed by atoms with van der Waals surface area (Å²) in [6, 6.07) is 4.48. The van der Waals surface area contributed by atoms with E-state index in [9.17, 15) is 43.8 Å². The number of methoxy groups -OCH3 is 1. The Balaban J connectivity index is 2.53. The average molecular weight is 754 g/mol. The summed E-state index contributed by atoms with van der Waals surface area (Å²) < 4.78 is 5.77. The zero-order valence-corrected chi connectivity index (χ0v) is 32.3. The summed E-state index contributed by atoms with van der Waals surface area (Å²) in [4.78, 5) is 92.2. The highest BCUT2D eigenvalue weighted by Gasteiger charge is 2.36. The van der Waals surface area contributed by atoms with E-state index in [1.54, 1.807) is 26.2 Å². The average Bonchev–Trinajstić information content (AvgIpc) is 3.13. The van der Waals surface area contributed by atoms with Gasteiger partial charge in [-0.05, 0) is 38.7 Å². The summed E-state index contributed by atoms with van der Waals surface area (Å²) in [6.07, 6.45) is 6.45. The lowest BCUT2D eigenvalue weighted by Gasteiger charge is -2.27. The second kappa shape index (κ2) is 21.4. The third-order valence-corrected chi connectivity index (χ3v) is 9.53. The normalized spacial score (nSPS) is 26.4. The number of hydrogen-bond acceptors (Lipinski definition) is 8. The first-order chi connectivity index (χ1) is 25.4. The van der Waals surface area contributed by atoms with Gasteiger partial charge in [0.25, 0.3) is 5.91 Å². The van der Waals surface area contributed by atoms with Crippen LogP contribution in [-0.2, 0) is 44.7 Å². The van der Waals surface area contributed by atoms with Crippen LogP contribution in [0.15, 0.2) is 65.9 Å². The van der Waals surface area contributed by atoms with Gasteiger partial charge in [0.1, 0.15) is 23.8 Å². The Hall–Kier alpha value is -5.31. The molecule has 1 fully saturated rings. The first-order valence-corrected chi connectivity index (χ1v) is 18.0. The van der Waals surface area contributed by atoms with Crippen LogP contribution < -0.4 is 21.3 Å². The maximum absolute atomic E-state index is 13.7. The number of carboxylic acids is 2. The molecule has 1 saturated heterocycles. The molecule has 54 heavy (non-hydrogen) atoms. The zero-order valence-electron chi connectivity index (χ0n) is 32.3. The van der Waals surface area contributed by atoms with Crippen LogP contribution >= 0.6 is 0 Å². The number of nitrogens with zero attached hydrogens (tertiary/aromatic N) is 1. The maximum atomic E-state index is 13.7. The number of carbonyl (C=O) groups is 7. The summed E-state index contributed by atoms with van der Waals surface area (Å²) in [6.45, 7) is 9.70. The molecule has 0 saturated carbocycles. The molecule has 0 bridgehead atoms. The van der Waals surface area contributed by atoms with Gasteiger partial charge in [-0.1, -0.05) is 87.9 Å². The van der Waals surface area contributed by atoms with Crippen molar-refractivity contribution in [3.63, 3.8) is 0 Å². The number of ether oxygens (including phenoxy) is 1. The number of allylic oxidation sites excluding steroid dienone is 3. The van der Waals surface area contributed by atoms with Crippen molar-refractivity contribution in [3.8, 4) is 0 Å². The Morgan fingerprint density at radius 3 is 2.13 bits per heavy atom. The lowest BCUT2D eigenvalue weighted by atomic mass is 9.94. The zero-order chi connectivity index (χ0) is 40.7. The van der Waals surface area contributed by atoms with Gasteiger partial charge >= 0.3 is 11.9 Å². The predicted molar refractivity (Wildman–Crippen MR) is 200 cm³/mol. The molecule has 2 rings (SSSR count). The number of amides is 5. The van der Waals surface area contributed by atoms with Crippen molar-refractivity contribution in [1.82, 2.24) is 26.2 Å². The van der Waals surface area contributed by atoms with Gasteiger partial charge in [0.15, 0.2) is 0 Å². The first-order valence-electron chi connectivity index (χ1n) is 18.0. The standard InChI is InChI=1S/C39H55N5O10/c1-9-27-36(48)41-28(17-16-22(3)20-23(4)31(54-8)21-26-14-12-11-13-15-26)24(5)34(46)42-29(38(50)51)18-19-32(45)44(7)30(10-2)37(49)43-33(39(52)53)25(6)35(47)40-27/h10-17,20,23-25,27-29,31,33H,9,18-19,21H2,1-8H3,(H,40,47)(H,41,48)(H,42,46)(H,43,49)(H,50,51)(H,52,53)/b17-16+,22-20+,30-10-/t23-,24+,25-,27?,28?,29+,31-,33+/m0/s1. The summed E-state index contributed by atoms with van der Waals surface area (Å²) >= 11 is 0. The molecule has 15 heteroatoms. The Kier molecular flexibility index (Phi) is 17.8. The van der Waals surface area contributed by atoms with Crippen molar-refractivity contribution in [3.05, 3.63) is 71.5 Å². The number of benzene rings is 1. The number of likely N-dealkylation sites (N-methyl/N-ethyl adjacent to an activating group) is 1. The van der Waals surface area contributed by atoms with Crippen LogP contribution in [0.2, 0.25) is 0 Å². The van der Waals surface area contributed by atoms with Crippen molar-refractivity contribution in [2.75, 3.05) is 14.2 Å². The van der Waals surface area contributed by atoms with Gasteiger partial charge in [-0.2, -0.15) is 0 Å². The van der Waals surface area contributed by atoms with E-state index in [0.717, 1.165) is 16.0 Å². The van der Waals surface area contributed by atoms with Crippen LogP contribution in [0.1, 0.15) is 66.4 Å². The lowest BCUT2D eigenvalue weighted by Crippen LogP contribution is -2.56. The summed E-state index contributed by atoms with van der Waals surface area (Å²) in [5.74, 6) is -9.27. The number of nitrogens with one attached hydrogen (secondary N) is 4. The second-order valence-corrected chi connectivity index (χ2v) is 13.5. The number of carboxylic acid groups (broad SMARTS) is 2. The molecule has 0 radical (unpaired) electrons. The van der Waals surface area contributed by atoms with Gasteiger partial charge in [0, 0.05) is 26.5 Å². The Bertz CT molecular complexity index is 1610. The predicted octanol–water partition coefficient (Wildman–Crippen LogP) is 2.33. The fourth-order valence-electron chi connectivity index (χ4n) is 5.96. The largest absolute Gasteiger partial charge is 0.480 e. The van der Waals surface area contributed by atoms with Gasteiger partial charge in [-0.3, -0.25) is 24.0 Å². The Morgan fingerprint density at radius 2 is 1.57 bits per heavy atom. The molecule has 1 aliphatic heterocycles. The minimum atomic E-state index is -1.74. The fourth-order valence-corrected chi connectivity index (χ4v) is 5.96. The molecule has 0 spiro atoms. The van der Waals surface area contributed by atoms with Gasteiger partial charge in [0.05, 0.1) is 24.0 Å². The van der Waals surface area contributed by atoms with Crippen LogP contribution in [0.25, 0.3) is 0 Å². The number of aliphatic carboxylic acids is 2. The molecule has 15 nitrogen and oxygen atoms in total. The lowest BCUT2D eigenvalue weighted by molar-refractivity contribution is -0.146. The van der Waals surface area contributed by atoms with E-state index < -0.39 is 83.9 Å². The molecule has 5 amide bonds. The molecule has 1 aromatic rings. The SMILES string of the molecule is C/C=C1/C(=O)N[C@@H](C(=O)O)[C@H](C)C(=O)NC(CC)C(=O)NC(/C=C/C(C)=C/[C@H](C)[C@H](Cc2ccccc2)OC)[C@@H](C)C(=O)N[C@@H](C(=O)O)CCC(=O)N1C. The molecule has 0 aromatic heterocycles.